The second kappa shape index (κ2) is 7.75. The molecule has 0 aromatic heterocycles. The van der Waals surface area contributed by atoms with Crippen LogP contribution in [-0.2, 0) is 0 Å². The van der Waals surface area contributed by atoms with Crippen molar-refractivity contribution in [1.82, 2.24) is 9.80 Å². The third kappa shape index (κ3) is 4.05. The number of nitrogens with zero attached hydrogens (tertiary/aromatic N) is 3. The van der Waals surface area contributed by atoms with E-state index in [0.29, 0.717) is 36.5 Å². The Kier molecular flexibility index (Phi) is 5.44. The number of nitrogens with one attached hydrogen (secondary N) is 1. The quantitative estimate of drug-likeness (QED) is 0.777. The first-order valence-electron chi connectivity index (χ1n) is 9.00. The number of rotatable bonds is 6. The zero-order chi connectivity index (χ0) is 17.8. The first kappa shape index (κ1) is 17.6. The van der Waals surface area contributed by atoms with Crippen molar-refractivity contribution in [3.8, 4) is 6.07 Å². The molecular formula is C19H26N4O2. The second-order valence-corrected chi connectivity index (χ2v) is 7.23. The fourth-order valence-electron chi connectivity index (χ4n) is 4.44. The minimum Gasteiger partial charge on any atom is -0.465 e. The molecule has 1 aliphatic heterocycles. The van der Waals surface area contributed by atoms with Gasteiger partial charge in [-0.15, -0.1) is 0 Å². The minimum atomic E-state index is -0.774. The van der Waals surface area contributed by atoms with Crippen molar-refractivity contribution in [3.63, 3.8) is 0 Å². The van der Waals surface area contributed by atoms with Gasteiger partial charge in [0.1, 0.15) is 0 Å². The number of carbonyl (C=O) groups is 1. The first-order chi connectivity index (χ1) is 12.1. The molecular weight excluding hydrogens is 316 g/mol. The highest BCUT2D eigenvalue weighted by molar-refractivity contribution is 5.65. The lowest BCUT2D eigenvalue weighted by atomic mass is 9.91. The van der Waals surface area contributed by atoms with Crippen LogP contribution in [0.25, 0.3) is 0 Å². The maximum Gasteiger partial charge on any atom is 0.407 e. The summed E-state index contributed by atoms with van der Waals surface area (Å²) in [5, 5.41) is 21.4. The topological polar surface area (TPSA) is 79.6 Å². The molecule has 0 spiro atoms. The number of likely N-dealkylation sites (tertiary alicyclic amines) is 1. The number of anilines is 1. The van der Waals surface area contributed by atoms with Gasteiger partial charge in [-0.2, -0.15) is 5.26 Å². The van der Waals surface area contributed by atoms with E-state index in [4.69, 9.17) is 5.26 Å². The molecule has 2 bridgehead atoms. The van der Waals surface area contributed by atoms with E-state index in [1.807, 2.05) is 24.3 Å². The number of fused-ring (bicyclic) bond motifs is 2. The molecule has 1 heterocycles. The number of hydrogen-bond donors (Lipinski definition) is 2. The van der Waals surface area contributed by atoms with E-state index < -0.39 is 6.09 Å². The van der Waals surface area contributed by atoms with Crippen LogP contribution in [0, 0.1) is 23.2 Å². The summed E-state index contributed by atoms with van der Waals surface area (Å²) in [4.78, 5) is 15.3. The molecule has 25 heavy (non-hydrogen) atoms. The van der Waals surface area contributed by atoms with Gasteiger partial charge in [0.15, 0.2) is 0 Å². The maximum absolute atomic E-state index is 11.2. The molecule has 1 amide bonds. The van der Waals surface area contributed by atoms with E-state index in [0.717, 1.165) is 38.0 Å². The molecule has 2 aliphatic rings. The smallest absolute Gasteiger partial charge is 0.407 e. The van der Waals surface area contributed by atoms with E-state index in [1.54, 1.807) is 4.90 Å². The highest BCUT2D eigenvalue weighted by Gasteiger charge is 2.44. The van der Waals surface area contributed by atoms with Gasteiger partial charge in [-0.05, 0) is 69.0 Å². The largest absolute Gasteiger partial charge is 0.465 e. The Morgan fingerprint density at radius 1 is 1.32 bits per heavy atom. The number of hydrogen-bond acceptors (Lipinski definition) is 4. The van der Waals surface area contributed by atoms with Crippen LogP contribution in [0.3, 0.4) is 0 Å². The lowest BCUT2D eigenvalue weighted by Crippen LogP contribution is -2.53. The predicted molar refractivity (Wildman–Crippen MR) is 96.5 cm³/mol. The van der Waals surface area contributed by atoms with Gasteiger partial charge >= 0.3 is 6.09 Å². The summed E-state index contributed by atoms with van der Waals surface area (Å²) in [6, 6.07) is 10.2. The van der Waals surface area contributed by atoms with Crippen LogP contribution in [-0.4, -0.2) is 60.3 Å². The van der Waals surface area contributed by atoms with E-state index in [-0.39, 0.29) is 0 Å². The van der Waals surface area contributed by atoms with Crippen LogP contribution in [0.2, 0.25) is 0 Å². The van der Waals surface area contributed by atoms with Crippen molar-refractivity contribution in [2.24, 2.45) is 11.8 Å². The highest BCUT2D eigenvalue weighted by atomic mass is 16.4. The van der Waals surface area contributed by atoms with Crippen LogP contribution >= 0.6 is 0 Å². The molecule has 0 radical (unpaired) electrons. The Hall–Kier alpha value is -2.26. The van der Waals surface area contributed by atoms with Crippen molar-refractivity contribution in [2.45, 2.75) is 25.3 Å². The summed E-state index contributed by atoms with van der Waals surface area (Å²) in [7, 11) is 2.17. The molecule has 1 aromatic carbocycles. The second-order valence-electron chi connectivity index (χ2n) is 7.23. The van der Waals surface area contributed by atoms with Gasteiger partial charge in [-0.25, -0.2) is 4.79 Å². The average molecular weight is 342 g/mol. The third-order valence-electron chi connectivity index (χ3n) is 5.59. The summed E-state index contributed by atoms with van der Waals surface area (Å²) < 4.78 is 0. The van der Waals surface area contributed by atoms with Crippen LogP contribution in [0.15, 0.2) is 24.3 Å². The normalized spacial score (nSPS) is 25.0. The molecule has 1 saturated heterocycles. The summed E-state index contributed by atoms with van der Waals surface area (Å²) in [5.41, 5.74) is 1.71. The number of benzene rings is 1. The fraction of sp³-hybridized carbons (Fsp3) is 0.579. The molecule has 134 valence electrons. The summed E-state index contributed by atoms with van der Waals surface area (Å²) >= 11 is 0. The Morgan fingerprint density at radius 3 is 2.52 bits per heavy atom. The molecule has 6 nitrogen and oxygen atoms in total. The molecule has 3 rings (SSSR count). The Morgan fingerprint density at radius 2 is 1.96 bits per heavy atom. The molecule has 2 N–H and O–H groups in total. The number of nitriles is 1. The van der Waals surface area contributed by atoms with E-state index >= 15 is 0 Å². The van der Waals surface area contributed by atoms with E-state index in [2.05, 4.69) is 23.3 Å². The highest BCUT2D eigenvalue weighted by Crippen LogP contribution is 2.39. The van der Waals surface area contributed by atoms with Gasteiger partial charge in [0.25, 0.3) is 0 Å². The summed E-state index contributed by atoms with van der Waals surface area (Å²) in [5.74, 6) is 0.956. The lowest BCUT2D eigenvalue weighted by molar-refractivity contribution is 0.0594. The Bertz CT molecular complexity index is 626. The molecule has 2 fully saturated rings. The predicted octanol–water partition coefficient (Wildman–Crippen LogP) is 2.68. The van der Waals surface area contributed by atoms with Crippen molar-refractivity contribution in [2.75, 3.05) is 38.5 Å². The zero-order valence-corrected chi connectivity index (χ0v) is 14.7. The fourth-order valence-corrected chi connectivity index (χ4v) is 4.44. The van der Waals surface area contributed by atoms with Gasteiger partial charge in [0, 0.05) is 31.4 Å². The third-order valence-corrected chi connectivity index (χ3v) is 5.59. The van der Waals surface area contributed by atoms with Gasteiger partial charge < -0.3 is 20.2 Å². The summed E-state index contributed by atoms with van der Waals surface area (Å²) in [6.07, 6.45) is 2.55. The van der Waals surface area contributed by atoms with Crippen LogP contribution in [0.4, 0.5) is 10.5 Å². The zero-order valence-electron chi connectivity index (χ0n) is 14.7. The molecule has 2 atom stereocenters. The van der Waals surface area contributed by atoms with Crippen molar-refractivity contribution in [1.29, 1.82) is 5.26 Å². The number of carboxylic acid groups (broad SMARTS) is 1. The summed E-state index contributed by atoms with van der Waals surface area (Å²) in [6.45, 7) is 3.27. The van der Waals surface area contributed by atoms with Gasteiger partial charge in [-0.1, -0.05) is 0 Å². The number of amides is 1. The van der Waals surface area contributed by atoms with Gasteiger partial charge in [0.05, 0.1) is 11.6 Å². The van der Waals surface area contributed by atoms with Crippen LogP contribution in [0.1, 0.15) is 24.8 Å². The van der Waals surface area contributed by atoms with Crippen molar-refractivity contribution < 1.29 is 9.90 Å². The molecule has 6 heteroatoms. The molecule has 1 aliphatic carbocycles. The first-order valence-corrected chi connectivity index (χ1v) is 9.00. The molecule has 1 saturated carbocycles. The minimum absolute atomic E-state index is 0.478. The van der Waals surface area contributed by atoms with Gasteiger partial charge in [0.2, 0.25) is 0 Å². The van der Waals surface area contributed by atoms with E-state index in [1.165, 1.54) is 0 Å². The Balaban J connectivity index is 1.43. The van der Waals surface area contributed by atoms with Gasteiger partial charge in [-0.3, -0.25) is 0 Å². The standard InChI is InChI=1S/C19H26N4O2/c1-22(10-2-9-21-17-7-3-14(11-20)4-8-17)18-15-5-6-16(18)13-23(12-15)19(24)25/h3-4,7-8,15-16,18,21H,2,5-6,9-10,12-13H2,1H3,(H,24,25). The SMILES string of the molecule is CN(CCCNc1ccc(C#N)cc1)C1C2CCC1CN(C(=O)O)C2. The maximum atomic E-state index is 11.2. The lowest BCUT2D eigenvalue weighted by Gasteiger charge is -2.41. The van der Waals surface area contributed by atoms with Crippen molar-refractivity contribution in [3.05, 3.63) is 29.8 Å². The van der Waals surface area contributed by atoms with Crippen molar-refractivity contribution >= 4 is 11.8 Å². The number of piperidine rings is 1. The molecule has 2 unspecified atom stereocenters. The average Bonchev–Trinajstić information content (AvgIpc) is 2.88. The van der Waals surface area contributed by atoms with Crippen LogP contribution in [0.5, 0.6) is 0 Å². The van der Waals surface area contributed by atoms with Crippen LogP contribution < -0.4 is 5.32 Å². The Labute approximate surface area is 149 Å². The monoisotopic (exact) mass is 342 g/mol. The molecule has 1 aromatic rings. The van der Waals surface area contributed by atoms with E-state index in [9.17, 15) is 9.90 Å².